The largest absolute Gasteiger partial charge is 0.395 e. The Morgan fingerprint density at radius 2 is 1.15 bits per heavy atom. The third-order valence-corrected chi connectivity index (χ3v) is 5.94. The normalized spacial score (nSPS) is 14.9. The Labute approximate surface area is 164 Å². The summed E-state index contributed by atoms with van der Waals surface area (Å²) in [4.78, 5) is 0. The fraction of sp³-hybridized carbons (Fsp3) is 0.917. The lowest BCUT2D eigenvalue weighted by Gasteiger charge is -2.34. The fourth-order valence-electron chi connectivity index (χ4n) is 3.82. The van der Waals surface area contributed by atoms with Gasteiger partial charge in [0.15, 0.2) is 0 Å². The predicted octanol–water partition coefficient (Wildman–Crippen LogP) is 7.18. The maximum absolute atomic E-state index is 10.7. The van der Waals surface area contributed by atoms with Gasteiger partial charge in [0, 0.05) is 5.41 Å². The second kappa shape index (κ2) is 18.0. The smallest absolute Gasteiger partial charge is 0.0652 e. The molecule has 0 rings (SSSR count). The van der Waals surface area contributed by atoms with Gasteiger partial charge in [0.2, 0.25) is 0 Å². The molecule has 0 aliphatic carbocycles. The molecule has 2 atom stereocenters. The predicted molar refractivity (Wildman–Crippen MR) is 116 cm³/mol. The molecular weight excluding hydrogens is 320 g/mol. The molecule has 26 heavy (non-hydrogen) atoms. The highest BCUT2D eigenvalue weighted by Gasteiger charge is 2.33. The summed E-state index contributed by atoms with van der Waals surface area (Å²) in [5.41, 5.74) is -0.495. The number of unbranched alkanes of at least 4 members (excludes halogenated alkanes) is 13. The zero-order valence-electron chi connectivity index (χ0n) is 18.0. The van der Waals surface area contributed by atoms with Crippen LogP contribution in [0.5, 0.6) is 0 Å². The van der Waals surface area contributed by atoms with Crippen LogP contribution < -0.4 is 0 Å². The summed E-state index contributed by atoms with van der Waals surface area (Å²) in [6.45, 7) is 8.44. The van der Waals surface area contributed by atoms with E-state index in [4.69, 9.17) is 0 Å². The highest BCUT2D eigenvalue weighted by Crippen LogP contribution is 2.33. The lowest BCUT2D eigenvalue weighted by molar-refractivity contribution is 0.00218. The van der Waals surface area contributed by atoms with Crippen LogP contribution in [0.15, 0.2) is 12.7 Å². The Bertz CT molecular complexity index is 303. The van der Waals surface area contributed by atoms with Crippen molar-refractivity contribution in [1.82, 2.24) is 0 Å². The summed E-state index contributed by atoms with van der Waals surface area (Å²) in [7, 11) is 0. The molecule has 0 radical (unpaired) electrons. The molecule has 0 amide bonds. The molecule has 0 aromatic rings. The van der Waals surface area contributed by atoms with Gasteiger partial charge in [-0.1, -0.05) is 116 Å². The Kier molecular flexibility index (Phi) is 17.8. The van der Waals surface area contributed by atoms with E-state index in [1.54, 1.807) is 0 Å². The Hall–Kier alpha value is -0.340. The molecule has 0 fully saturated rings. The average molecular weight is 369 g/mol. The monoisotopic (exact) mass is 368 g/mol. The second-order valence-electron chi connectivity index (χ2n) is 8.25. The first-order valence-corrected chi connectivity index (χ1v) is 11.6. The van der Waals surface area contributed by atoms with Crippen LogP contribution in [-0.2, 0) is 0 Å². The van der Waals surface area contributed by atoms with E-state index in [9.17, 15) is 10.2 Å². The van der Waals surface area contributed by atoms with Crippen molar-refractivity contribution in [3.63, 3.8) is 0 Å². The van der Waals surface area contributed by atoms with E-state index in [2.05, 4.69) is 20.4 Å². The van der Waals surface area contributed by atoms with E-state index in [0.29, 0.717) is 0 Å². The zero-order chi connectivity index (χ0) is 19.5. The van der Waals surface area contributed by atoms with Crippen LogP contribution in [0, 0.1) is 5.41 Å². The van der Waals surface area contributed by atoms with Crippen LogP contribution >= 0.6 is 0 Å². The lowest BCUT2D eigenvalue weighted by Crippen LogP contribution is -2.37. The van der Waals surface area contributed by atoms with Gasteiger partial charge < -0.3 is 10.2 Å². The van der Waals surface area contributed by atoms with Gasteiger partial charge in [0.25, 0.3) is 0 Å². The van der Waals surface area contributed by atoms with Crippen molar-refractivity contribution in [3.05, 3.63) is 12.7 Å². The van der Waals surface area contributed by atoms with Crippen molar-refractivity contribution >= 4 is 0 Å². The SMILES string of the molecule is C=C[C@@](CO)(CCCCCCCCCCC)[C@H](O)CCCCCCCC. The fourth-order valence-corrected chi connectivity index (χ4v) is 3.82. The van der Waals surface area contributed by atoms with E-state index >= 15 is 0 Å². The van der Waals surface area contributed by atoms with E-state index in [1.165, 1.54) is 83.5 Å². The van der Waals surface area contributed by atoms with Crippen molar-refractivity contribution in [3.8, 4) is 0 Å². The summed E-state index contributed by atoms with van der Waals surface area (Å²) < 4.78 is 0. The van der Waals surface area contributed by atoms with Gasteiger partial charge in [0.05, 0.1) is 12.7 Å². The molecule has 0 heterocycles. The third kappa shape index (κ3) is 12.1. The molecule has 0 saturated heterocycles. The highest BCUT2D eigenvalue weighted by atomic mass is 16.3. The maximum atomic E-state index is 10.7. The number of rotatable bonds is 20. The van der Waals surface area contributed by atoms with E-state index in [1.807, 2.05) is 6.08 Å². The van der Waals surface area contributed by atoms with Crippen LogP contribution in [0.4, 0.5) is 0 Å². The Morgan fingerprint density at radius 1 is 0.731 bits per heavy atom. The van der Waals surface area contributed by atoms with Gasteiger partial charge in [0.1, 0.15) is 0 Å². The number of hydrogen-bond donors (Lipinski definition) is 2. The summed E-state index contributed by atoms with van der Waals surface area (Å²) >= 11 is 0. The van der Waals surface area contributed by atoms with Crippen molar-refractivity contribution < 1.29 is 10.2 Å². The van der Waals surface area contributed by atoms with Crippen molar-refractivity contribution in [2.75, 3.05) is 6.61 Å². The Morgan fingerprint density at radius 3 is 1.58 bits per heavy atom. The summed E-state index contributed by atoms with van der Waals surface area (Å²) in [5, 5.41) is 20.6. The summed E-state index contributed by atoms with van der Waals surface area (Å²) in [6, 6.07) is 0. The molecule has 0 bridgehead atoms. The first-order valence-electron chi connectivity index (χ1n) is 11.6. The highest BCUT2D eigenvalue weighted by molar-refractivity contribution is 4.99. The van der Waals surface area contributed by atoms with E-state index < -0.39 is 11.5 Å². The van der Waals surface area contributed by atoms with Crippen LogP contribution in [0.1, 0.15) is 123 Å². The van der Waals surface area contributed by atoms with Gasteiger partial charge in [-0.15, -0.1) is 6.58 Å². The minimum Gasteiger partial charge on any atom is -0.395 e. The zero-order valence-corrected chi connectivity index (χ0v) is 18.0. The molecule has 2 N–H and O–H groups in total. The molecule has 0 aromatic carbocycles. The molecule has 2 heteroatoms. The molecule has 0 aliphatic heterocycles. The van der Waals surface area contributed by atoms with Gasteiger partial charge in [-0.3, -0.25) is 0 Å². The molecule has 0 saturated carbocycles. The molecule has 0 aliphatic rings. The van der Waals surface area contributed by atoms with Crippen molar-refractivity contribution in [2.45, 2.75) is 129 Å². The minimum absolute atomic E-state index is 0.0184. The van der Waals surface area contributed by atoms with Crippen LogP contribution in [-0.4, -0.2) is 22.9 Å². The van der Waals surface area contributed by atoms with E-state index in [0.717, 1.165) is 25.7 Å². The molecule has 156 valence electrons. The minimum atomic E-state index is -0.495. The first kappa shape index (κ1) is 25.7. The third-order valence-electron chi connectivity index (χ3n) is 5.94. The van der Waals surface area contributed by atoms with Gasteiger partial charge in [-0.05, 0) is 12.8 Å². The Balaban J connectivity index is 3.93. The summed E-state index contributed by atoms with van der Waals surface area (Å²) in [6.07, 6.45) is 22.1. The number of aliphatic hydroxyl groups is 2. The topological polar surface area (TPSA) is 40.5 Å². The van der Waals surface area contributed by atoms with Crippen LogP contribution in [0.2, 0.25) is 0 Å². The standard InChI is InChI=1S/C24H48O2/c1-4-7-9-11-13-14-15-17-19-21-24(6-3,22-25)23(26)20-18-16-12-10-8-5-2/h6,23,25-26H,3-5,7-22H2,1-2H3/t23-,24+/m1/s1. The maximum Gasteiger partial charge on any atom is 0.0652 e. The van der Waals surface area contributed by atoms with Gasteiger partial charge >= 0.3 is 0 Å². The molecule has 2 nitrogen and oxygen atoms in total. The molecule has 0 aromatic heterocycles. The lowest BCUT2D eigenvalue weighted by atomic mass is 9.76. The van der Waals surface area contributed by atoms with Crippen molar-refractivity contribution in [2.24, 2.45) is 5.41 Å². The number of hydrogen-bond acceptors (Lipinski definition) is 2. The second-order valence-corrected chi connectivity index (χ2v) is 8.25. The molecule has 0 spiro atoms. The average Bonchev–Trinajstić information content (AvgIpc) is 2.66. The summed E-state index contributed by atoms with van der Waals surface area (Å²) in [5.74, 6) is 0. The van der Waals surface area contributed by atoms with Crippen LogP contribution in [0.25, 0.3) is 0 Å². The molecule has 0 unspecified atom stereocenters. The quantitative estimate of drug-likeness (QED) is 0.176. The van der Waals surface area contributed by atoms with Gasteiger partial charge in [-0.25, -0.2) is 0 Å². The first-order chi connectivity index (χ1) is 12.7. The molecular formula is C24H48O2. The van der Waals surface area contributed by atoms with Gasteiger partial charge in [-0.2, -0.15) is 0 Å². The van der Waals surface area contributed by atoms with E-state index in [-0.39, 0.29) is 6.61 Å². The van der Waals surface area contributed by atoms with Crippen molar-refractivity contribution in [1.29, 1.82) is 0 Å². The van der Waals surface area contributed by atoms with Crippen LogP contribution in [0.3, 0.4) is 0 Å². The number of aliphatic hydroxyl groups excluding tert-OH is 2.